The zero-order valence-corrected chi connectivity index (χ0v) is 16.6. The largest absolute Gasteiger partial charge is 0.334 e. The molecular formula is C26H24N2. The summed E-state index contributed by atoms with van der Waals surface area (Å²) in [7, 11) is 0. The van der Waals surface area contributed by atoms with E-state index in [0.717, 1.165) is 0 Å². The van der Waals surface area contributed by atoms with Crippen LogP contribution in [0.5, 0.6) is 0 Å². The Hall–Kier alpha value is -3.26. The van der Waals surface area contributed by atoms with Gasteiger partial charge in [-0.3, -0.25) is 0 Å². The van der Waals surface area contributed by atoms with Crippen molar-refractivity contribution in [2.75, 3.05) is 4.90 Å². The van der Waals surface area contributed by atoms with E-state index in [1.165, 1.54) is 38.7 Å². The first kappa shape index (κ1) is 16.9. The molecule has 2 heterocycles. The van der Waals surface area contributed by atoms with E-state index >= 15 is 0 Å². The van der Waals surface area contributed by atoms with Crippen molar-refractivity contribution in [3.63, 3.8) is 0 Å². The lowest BCUT2D eigenvalue weighted by Gasteiger charge is -2.38. The van der Waals surface area contributed by atoms with E-state index in [0.29, 0.717) is 0 Å². The fourth-order valence-corrected chi connectivity index (χ4v) is 4.32. The molecule has 0 atom stereocenters. The monoisotopic (exact) mass is 364 g/mol. The molecule has 0 bridgehead atoms. The fraction of sp³-hybridized carbons (Fsp3) is 0.154. The second kappa shape index (κ2) is 6.13. The third-order valence-corrected chi connectivity index (χ3v) is 5.39. The molecule has 0 saturated carbocycles. The maximum atomic E-state index is 2.47. The van der Waals surface area contributed by atoms with Crippen LogP contribution in [0.2, 0.25) is 0 Å². The minimum absolute atomic E-state index is 0.0718. The van der Waals surface area contributed by atoms with Gasteiger partial charge in [-0.25, -0.2) is 0 Å². The van der Waals surface area contributed by atoms with Crippen LogP contribution in [-0.2, 0) is 0 Å². The number of benzene rings is 3. The predicted molar refractivity (Wildman–Crippen MR) is 121 cm³/mol. The SMILES string of the molecule is CC(C)(C)N(c1ccccc1)c1c2ccccc2n2c1ccc1ccccc12. The summed E-state index contributed by atoms with van der Waals surface area (Å²) in [6, 6.07) is 32.6. The number of aromatic nitrogens is 1. The summed E-state index contributed by atoms with van der Waals surface area (Å²) < 4.78 is 2.40. The zero-order valence-electron chi connectivity index (χ0n) is 16.6. The molecule has 2 nitrogen and oxygen atoms in total. The first-order valence-electron chi connectivity index (χ1n) is 9.82. The molecule has 0 unspecified atom stereocenters. The Morgan fingerprint density at radius 3 is 2.00 bits per heavy atom. The van der Waals surface area contributed by atoms with Crippen LogP contribution in [0.25, 0.3) is 27.3 Å². The smallest absolute Gasteiger partial charge is 0.0755 e. The molecule has 138 valence electrons. The number of nitrogens with zero attached hydrogens (tertiary/aromatic N) is 2. The number of para-hydroxylation sites is 3. The number of rotatable bonds is 2. The van der Waals surface area contributed by atoms with Gasteiger partial charge in [-0.15, -0.1) is 0 Å². The average Bonchev–Trinajstić information content (AvgIpc) is 3.03. The molecule has 0 saturated heterocycles. The summed E-state index contributed by atoms with van der Waals surface area (Å²) in [4.78, 5) is 2.47. The molecule has 0 aliphatic heterocycles. The molecule has 0 aliphatic carbocycles. The van der Waals surface area contributed by atoms with Crippen LogP contribution >= 0.6 is 0 Å². The van der Waals surface area contributed by atoms with E-state index in [1.807, 2.05) is 0 Å². The van der Waals surface area contributed by atoms with Gasteiger partial charge in [0.15, 0.2) is 0 Å². The molecule has 0 spiro atoms. The highest BCUT2D eigenvalue weighted by Gasteiger charge is 2.28. The van der Waals surface area contributed by atoms with E-state index in [9.17, 15) is 0 Å². The maximum absolute atomic E-state index is 2.47. The molecule has 2 aromatic heterocycles. The fourth-order valence-electron chi connectivity index (χ4n) is 4.32. The molecule has 0 aliphatic rings. The average molecular weight is 364 g/mol. The summed E-state index contributed by atoms with van der Waals surface area (Å²) in [6.45, 7) is 6.83. The van der Waals surface area contributed by atoms with Gasteiger partial charge < -0.3 is 9.30 Å². The number of hydrogen-bond acceptors (Lipinski definition) is 1. The molecule has 5 rings (SSSR count). The van der Waals surface area contributed by atoms with Crippen LogP contribution in [-0.4, -0.2) is 9.94 Å². The van der Waals surface area contributed by atoms with Gasteiger partial charge in [0.2, 0.25) is 0 Å². The molecule has 0 radical (unpaired) electrons. The molecule has 5 aromatic rings. The highest BCUT2D eigenvalue weighted by atomic mass is 15.2. The normalized spacial score (nSPS) is 12.1. The van der Waals surface area contributed by atoms with Crippen molar-refractivity contribution in [1.82, 2.24) is 4.40 Å². The lowest BCUT2D eigenvalue weighted by Crippen LogP contribution is -2.37. The Kier molecular flexibility index (Phi) is 3.70. The van der Waals surface area contributed by atoms with Crippen LogP contribution in [0, 0.1) is 0 Å². The molecular weight excluding hydrogens is 340 g/mol. The number of fused-ring (bicyclic) bond motifs is 5. The van der Waals surface area contributed by atoms with Crippen LogP contribution in [0.3, 0.4) is 0 Å². The first-order chi connectivity index (χ1) is 13.6. The van der Waals surface area contributed by atoms with Gasteiger partial charge in [-0.1, -0.05) is 60.7 Å². The van der Waals surface area contributed by atoms with Crippen molar-refractivity contribution < 1.29 is 0 Å². The van der Waals surface area contributed by atoms with Gasteiger partial charge in [0.1, 0.15) is 0 Å². The van der Waals surface area contributed by atoms with Gasteiger partial charge in [0.05, 0.1) is 22.2 Å². The molecule has 0 amide bonds. The predicted octanol–water partition coefficient (Wildman–Crippen LogP) is 7.18. The van der Waals surface area contributed by atoms with Crippen molar-refractivity contribution in [1.29, 1.82) is 0 Å². The number of pyridine rings is 1. The molecule has 2 heteroatoms. The molecule has 3 aromatic carbocycles. The van der Waals surface area contributed by atoms with Gasteiger partial charge in [0, 0.05) is 16.6 Å². The van der Waals surface area contributed by atoms with Gasteiger partial charge >= 0.3 is 0 Å². The lowest BCUT2D eigenvalue weighted by atomic mass is 10.0. The van der Waals surface area contributed by atoms with Crippen molar-refractivity contribution >= 4 is 38.7 Å². The minimum atomic E-state index is -0.0718. The second-order valence-electron chi connectivity index (χ2n) is 8.32. The maximum Gasteiger partial charge on any atom is 0.0755 e. The van der Waals surface area contributed by atoms with Crippen molar-refractivity contribution in [2.24, 2.45) is 0 Å². The topological polar surface area (TPSA) is 7.65 Å². The summed E-state index contributed by atoms with van der Waals surface area (Å²) in [5.41, 5.74) is 6.12. The molecule has 0 N–H and O–H groups in total. The Balaban J connectivity index is 1.97. The number of anilines is 2. The van der Waals surface area contributed by atoms with E-state index in [1.54, 1.807) is 0 Å². The molecule has 0 fully saturated rings. The van der Waals surface area contributed by atoms with Gasteiger partial charge in [-0.2, -0.15) is 0 Å². The summed E-state index contributed by atoms with van der Waals surface area (Å²) in [5.74, 6) is 0. The first-order valence-corrected chi connectivity index (χ1v) is 9.82. The summed E-state index contributed by atoms with van der Waals surface area (Å²) in [5, 5.41) is 2.53. The Morgan fingerprint density at radius 2 is 1.25 bits per heavy atom. The van der Waals surface area contributed by atoms with Crippen LogP contribution in [0.15, 0.2) is 91.0 Å². The Labute approximate surface area is 165 Å². The quantitative estimate of drug-likeness (QED) is 0.322. The van der Waals surface area contributed by atoms with E-state index in [4.69, 9.17) is 0 Å². The highest BCUT2D eigenvalue weighted by Crippen LogP contribution is 2.43. The lowest BCUT2D eigenvalue weighted by molar-refractivity contribution is 0.562. The van der Waals surface area contributed by atoms with Crippen molar-refractivity contribution in [2.45, 2.75) is 26.3 Å². The van der Waals surface area contributed by atoms with Crippen LogP contribution < -0.4 is 4.90 Å². The third kappa shape index (κ3) is 2.49. The minimum Gasteiger partial charge on any atom is -0.334 e. The standard InChI is InChI=1S/C26H24N2/c1-26(2,3)28(20-12-5-4-6-13-20)25-21-14-8-10-16-23(21)27-22-15-9-7-11-19(22)17-18-24(25)27/h4-18H,1-3H3. The van der Waals surface area contributed by atoms with E-state index in [2.05, 4.69) is 121 Å². The van der Waals surface area contributed by atoms with Gasteiger partial charge in [-0.05, 0) is 56.5 Å². The van der Waals surface area contributed by atoms with Crippen molar-refractivity contribution in [3.8, 4) is 0 Å². The van der Waals surface area contributed by atoms with Crippen LogP contribution in [0.1, 0.15) is 20.8 Å². The van der Waals surface area contributed by atoms with E-state index in [-0.39, 0.29) is 5.54 Å². The second-order valence-corrected chi connectivity index (χ2v) is 8.32. The van der Waals surface area contributed by atoms with Crippen molar-refractivity contribution in [3.05, 3.63) is 91.0 Å². The summed E-state index contributed by atoms with van der Waals surface area (Å²) in [6.07, 6.45) is 0. The Bertz CT molecular complexity index is 1290. The third-order valence-electron chi connectivity index (χ3n) is 5.39. The van der Waals surface area contributed by atoms with E-state index < -0.39 is 0 Å². The molecule has 28 heavy (non-hydrogen) atoms. The summed E-state index contributed by atoms with van der Waals surface area (Å²) >= 11 is 0. The Morgan fingerprint density at radius 1 is 0.607 bits per heavy atom. The zero-order chi connectivity index (χ0) is 19.3. The highest BCUT2D eigenvalue weighted by molar-refractivity contribution is 6.08. The van der Waals surface area contributed by atoms with Crippen LogP contribution in [0.4, 0.5) is 11.4 Å². The van der Waals surface area contributed by atoms with Gasteiger partial charge in [0.25, 0.3) is 0 Å². The number of hydrogen-bond donors (Lipinski definition) is 0.